The molecule has 0 aliphatic carbocycles. The number of nitrogens with one attached hydrogen (secondary N) is 1. The minimum absolute atomic E-state index is 0.126. The van der Waals surface area contributed by atoms with Crippen molar-refractivity contribution in [1.29, 1.82) is 0 Å². The quantitative estimate of drug-likeness (QED) is 0.737. The van der Waals surface area contributed by atoms with Crippen molar-refractivity contribution in [3.05, 3.63) is 0 Å². The fourth-order valence-corrected chi connectivity index (χ4v) is 2.24. The summed E-state index contributed by atoms with van der Waals surface area (Å²) in [5, 5.41) is 2.59. The van der Waals surface area contributed by atoms with Gasteiger partial charge in [0.15, 0.2) is 6.10 Å². The number of carbonyl (C=O) groups is 2. The molecule has 1 aliphatic rings. The zero-order chi connectivity index (χ0) is 16.9. The zero-order valence-corrected chi connectivity index (χ0v) is 13.9. The van der Waals surface area contributed by atoms with E-state index >= 15 is 0 Å². The van der Waals surface area contributed by atoms with Crippen molar-refractivity contribution >= 4 is 12.1 Å². The third-order valence-electron chi connectivity index (χ3n) is 3.13. The van der Waals surface area contributed by atoms with Gasteiger partial charge in [-0.25, -0.2) is 9.59 Å². The molecule has 1 rings (SSSR count). The molecule has 0 aromatic rings. The van der Waals surface area contributed by atoms with Crippen molar-refractivity contribution in [2.45, 2.75) is 50.8 Å². The van der Waals surface area contributed by atoms with Gasteiger partial charge in [0.25, 0.3) is 0 Å². The summed E-state index contributed by atoms with van der Waals surface area (Å²) >= 11 is 0. The fourth-order valence-electron chi connectivity index (χ4n) is 2.24. The van der Waals surface area contributed by atoms with Gasteiger partial charge in [0.05, 0.1) is 7.11 Å². The molecular formula is C14H25NO7. The molecule has 1 amide bonds. The highest BCUT2D eigenvalue weighted by atomic mass is 16.6. The largest absolute Gasteiger partial charge is 0.467 e. The van der Waals surface area contributed by atoms with Crippen molar-refractivity contribution in [2.75, 3.05) is 27.9 Å². The number of hydrogen-bond donors (Lipinski definition) is 1. The van der Waals surface area contributed by atoms with Gasteiger partial charge in [0, 0.05) is 20.8 Å². The van der Waals surface area contributed by atoms with Crippen LogP contribution < -0.4 is 5.32 Å². The highest BCUT2D eigenvalue weighted by Crippen LogP contribution is 2.26. The lowest BCUT2D eigenvalue weighted by atomic mass is 10.1. The van der Waals surface area contributed by atoms with E-state index in [1.54, 1.807) is 20.8 Å². The highest BCUT2D eigenvalue weighted by molar-refractivity contribution is 5.76. The SMILES string of the molecule is COC(=O)[C@H]1OC(CNC(=O)OC(C)(C)C)[C@@H](OC)[C@@H]1OC. The lowest BCUT2D eigenvalue weighted by Gasteiger charge is -2.23. The summed E-state index contributed by atoms with van der Waals surface area (Å²) in [7, 11) is 4.21. The standard InChI is InChI=1S/C14H25NO7/c1-14(2,3)22-13(17)15-7-8-9(18-4)10(19-5)11(21-8)12(16)20-6/h8-11H,7H2,1-6H3,(H,15,17)/t8?,9-,10+,11+/m1/s1. The molecule has 0 spiro atoms. The number of rotatable bonds is 5. The second-order valence-corrected chi connectivity index (χ2v) is 5.90. The van der Waals surface area contributed by atoms with Gasteiger partial charge in [-0.3, -0.25) is 0 Å². The van der Waals surface area contributed by atoms with Crippen LogP contribution in [-0.4, -0.2) is 70.0 Å². The van der Waals surface area contributed by atoms with Gasteiger partial charge in [-0.15, -0.1) is 0 Å². The van der Waals surface area contributed by atoms with Gasteiger partial charge < -0.3 is 29.0 Å². The van der Waals surface area contributed by atoms with Crippen molar-refractivity contribution in [1.82, 2.24) is 5.32 Å². The summed E-state index contributed by atoms with van der Waals surface area (Å²) in [6.07, 6.45) is -3.13. The predicted octanol–water partition coefficient (Wildman–Crippen LogP) is 0.482. The van der Waals surface area contributed by atoms with Crippen LogP contribution in [0.4, 0.5) is 4.79 Å². The zero-order valence-electron chi connectivity index (χ0n) is 13.9. The molecule has 0 bridgehead atoms. The van der Waals surface area contributed by atoms with E-state index in [1.807, 2.05) is 0 Å². The molecular weight excluding hydrogens is 294 g/mol. The Morgan fingerprint density at radius 1 is 1.09 bits per heavy atom. The van der Waals surface area contributed by atoms with Crippen molar-refractivity contribution in [2.24, 2.45) is 0 Å². The molecule has 1 unspecified atom stereocenters. The molecule has 1 fully saturated rings. The minimum atomic E-state index is -0.898. The summed E-state index contributed by atoms with van der Waals surface area (Å²) in [4.78, 5) is 23.4. The van der Waals surface area contributed by atoms with Crippen LogP contribution in [0.1, 0.15) is 20.8 Å². The maximum Gasteiger partial charge on any atom is 0.407 e. The summed E-state index contributed by atoms with van der Waals surface area (Å²) in [6.45, 7) is 5.43. The van der Waals surface area contributed by atoms with E-state index in [0.29, 0.717) is 0 Å². The second kappa shape index (κ2) is 7.75. The molecule has 1 aliphatic heterocycles. The number of amides is 1. The molecule has 4 atom stereocenters. The number of esters is 1. The van der Waals surface area contributed by atoms with Crippen LogP contribution in [0.2, 0.25) is 0 Å². The average Bonchev–Trinajstić information content (AvgIpc) is 2.79. The van der Waals surface area contributed by atoms with E-state index < -0.39 is 42.1 Å². The Kier molecular flexibility index (Phi) is 6.58. The topological polar surface area (TPSA) is 92.3 Å². The molecule has 0 radical (unpaired) electrons. The minimum Gasteiger partial charge on any atom is -0.467 e. The van der Waals surface area contributed by atoms with Crippen LogP contribution in [0.5, 0.6) is 0 Å². The molecule has 0 saturated carbocycles. The van der Waals surface area contributed by atoms with Crippen molar-refractivity contribution in [3.8, 4) is 0 Å². The van der Waals surface area contributed by atoms with Gasteiger partial charge in [0.2, 0.25) is 0 Å². The molecule has 0 aromatic heterocycles. The Bertz CT molecular complexity index is 393. The summed E-state index contributed by atoms with van der Waals surface area (Å²) in [5.41, 5.74) is -0.592. The Labute approximate surface area is 130 Å². The van der Waals surface area contributed by atoms with Gasteiger partial charge in [-0.05, 0) is 20.8 Å². The third kappa shape index (κ3) is 4.82. The molecule has 22 heavy (non-hydrogen) atoms. The number of methoxy groups -OCH3 is 3. The Hall–Kier alpha value is -1.38. The average molecular weight is 319 g/mol. The number of hydrogen-bond acceptors (Lipinski definition) is 7. The van der Waals surface area contributed by atoms with E-state index in [9.17, 15) is 9.59 Å². The normalized spacial score (nSPS) is 28.3. The molecule has 0 aromatic carbocycles. The number of carbonyl (C=O) groups excluding carboxylic acids is 2. The predicted molar refractivity (Wildman–Crippen MR) is 76.5 cm³/mol. The first kappa shape index (κ1) is 18.7. The van der Waals surface area contributed by atoms with Crippen LogP contribution >= 0.6 is 0 Å². The lowest BCUT2D eigenvalue weighted by Crippen LogP contribution is -2.43. The van der Waals surface area contributed by atoms with Gasteiger partial charge in [0.1, 0.15) is 23.9 Å². The Morgan fingerprint density at radius 3 is 2.14 bits per heavy atom. The van der Waals surface area contributed by atoms with Crippen LogP contribution in [0.15, 0.2) is 0 Å². The van der Waals surface area contributed by atoms with Crippen LogP contribution in [0.3, 0.4) is 0 Å². The smallest absolute Gasteiger partial charge is 0.407 e. The van der Waals surface area contributed by atoms with Crippen molar-refractivity contribution in [3.63, 3.8) is 0 Å². The van der Waals surface area contributed by atoms with E-state index in [1.165, 1.54) is 21.3 Å². The molecule has 8 heteroatoms. The molecule has 1 heterocycles. The van der Waals surface area contributed by atoms with E-state index in [4.69, 9.17) is 18.9 Å². The van der Waals surface area contributed by atoms with Gasteiger partial charge in [-0.2, -0.15) is 0 Å². The van der Waals surface area contributed by atoms with Crippen LogP contribution in [0, 0.1) is 0 Å². The Morgan fingerprint density at radius 2 is 1.68 bits per heavy atom. The van der Waals surface area contributed by atoms with E-state index in [2.05, 4.69) is 10.1 Å². The first-order chi connectivity index (χ1) is 10.2. The fraction of sp³-hybridized carbons (Fsp3) is 0.857. The lowest BCUT2D eigenvalue weighted by molar-refractivity contribution is -0.158. The summed E-state index contributed by atoms with van der Waals surface area (Å²) in [5.74, 6) is -0.548. The van der Waals surface area contributed by atoms with Crippen molar-refractivity contribution < 1.29 is 33.3 Å². The monoisotopic (exact) mass is 319 g/mol. The summed E-state index contributed by atoms with van der Waals surface area (Å²) in [6, 6.07) is 0. The summed E-state index contributed by atoms with van der Waals surface area (Å²) < 4.78 is 26.0. The molecule has 128 valence electrons. The van der Waals surface area contributed by atoms with Gasteiger partial charge in [-0.1, -0.05) is 0 Å². The van der Waals surface area contributed by atoms with E-state index in [-0.39, 0.29) is 6.54 Å². The number of alkyl carbamates (subject to hydrolysis) is 1. The first-order valence-electron chi connectivity index (χ1n) is 6.99. The highest BCUT2D eigenvalue weighted by Gasteiger charge is 2.49. The maximum atomic E-state index is 11.7. The number of ether oxygens (including phenoxy) is 5. The molecule has 8 nitrogen and oxygen atoms in total. The Balaban J connectivity index is 2.66. The third-order valence-corrected chi connectivity index (χ3v) is 3.13. The van der Waals surface area contributed by atoms with Crippen LogP contribution in [-0.2, 0) is 28.5 Å². The molecule has 1 N–H and O–H groups in total. The molecule has 1 saturated heterocycles. The maximum absolute atomic E-state index is 11.7. The first-order valence-corrected chi connectivity index (χ1v) is 6.99. The second-order valence-electron chi connectivity index (χ2n) is 5.90. The van der Waals surface area contributed by atoms with Crippen LogP contribution in [0.25, 0.3) is 0 Å². The van der Waals surface area contributed by atoms with Gasteiger partial charge >= 0.3 is 12.1 Å². The van der Waals surface area contributed by atoms with E-state index in [0.717, 1.165) is 0 Å².